The van der Waals surface area contributed by atoms with Gasteiger partial charge in [-0.25, -0.2) is 19.2 Å². The minimum Gasteiger partial charge on any atom is -0.248 e. The third-order valence-corrected chi connectivity index (χ3v) is 4.97. The van der Waals surface area contributed by atoms with E-state index in [-0.39, 0.29) is 0 Å². The van der Waals surface area contributed by atoms with Gasteiger partial charge in [-0.15, -0.1) is 0 Å². The first-order chi connectivity index (χ1) is 14.2. The number of pyridine rings is 1. The van der Waals surface area contributed by atoms with Gasteiger partial charge < -0.3 is 0 Å². The molecule has 4 rings (SSSR count). The van der Waals surface area contributed by atoms with Crippen molar-refractivity contribution < 1.29 is 0 Å². The molecular weight excluding hydrogens is 362 g/mol. The third-order valence-electron chi connectivity index (χ3n) is 4.97. The Bertz CT molecular complexity index is 1170. The van der Waals surface area contributed by atoms with Crippen molar-refractivity contribution in [2.24, 2.45) is 0 Å². The fourth-order valence-electron chi connectivity index (χ4n) is 3.38. The molecule has 0 saturated heterocycles. The predicted octanol–water partition coefficient (Wildman–Crippen LogP) is 3.56. The van der Waals surface area contributed by atoms with Crippen LogP contribution in [0.25, 0.3) is 17.0 Å². The quantitative estimate of drug-likeness (QED) is 0.486. The van der Waals surface area contributed by atoms with Gasteiger partial charge in [-0.1, -0.05) is 43.3 Å². The van der Waals surface area contributed by atoms with Gasteiger partial charge >= 0.3 is 0 Å². The molecule has 0 bridgehead atoms. The molecule has 0 fully saturated rings. The predicted molar refractivity (Wildman–Crippen MR) is 110 cm³/mol. The Morgan fingerprint density at radius 3 is 2.59 bits per heavy atom. The molecule has 0 amide bonds. The molecule has 0 saturated carbocycles. The number of fused-ring (bicyclic) bond motifs is 1. The molecule has 4 aromatic rings. The summed E-state index contributed by atoms with van der Waals surface area (Å²) in [6.07, 6.45) is 2.66. The van der Waals surface area contributed by atoms with Crippen molar-refractivity contribution in [1.29, 1.82) is 5.26 Å². The molecule has 0 aliphatic carbocycles. The van der Waals surface area contributed by atoms with Crippen LogP contribution in [0.2, 0.25) is 0 Å². The van der Waals surface area contributed by atoms with E-state index in [1.807, 2.05) is 46.5 Å². The van der Waals surface area contributed by atoms with Crippen molar-refractivity contribution in [2.45, 2.75) is 46.1 Å². The summed E-state index contributed by atoms with van der Waals surface area (Å²) in [6.45, 7) is 4.70. The number of aromatic nitrogens is 6. The van der Waals surface area contributed by atoms with Crippen LogP contribution < -0.4 is 0 Å². The SMILES string of the molecule is CCc1ccc(C)n2nc(CCc3nc(-c4ccccc4)nn3CCC#N)nc12. The highest BCUT2D eigenvalue weighted by atomic mass is 15.3. The average Bonchev–Trinajstić information content (AvgIpc) is 3.36. The molecule has 7 heteroatoms. The maximum Gasteiger partial charge on any atom is 0.181 e. The highest BCUT2D eigenvalue weighted by Gasteiger charge is 2.14. The van der Waals surface area contributed by atoms with Crippen molar-refractivity contribution in [2.75, 3.05) is 0 Å². The first-order valence-electron chi connectivity index (χ1n) is 9.89. The molecule has 7 nitrogen and oxygen atoms in total. The largest absolute Gasteiger partial charge is 0.248 e. The van der Waals surface area contributed by atoms with Crippen LogP contribution in [0.5, 0.6) is 0 Å². The minimum atomic E-state index is 0.399. The number of hydrogen-bond acceptors (Lipinski definition) is 5. The zero-order valence-electron chi connectivity index (χ0n) is 16.7. The summed E-state index contributed by atoms with van der Waals surface area (Å²) in [4.78, 5) is 9.49. The summed E-state index contributed by atoms with van der Waals surface area (Å²) in [5.74, 6) is 2.33. The molecule has 0 aliphatic heterocycles. The fourth-order valence-corrected chi connectivity index (χ4v) is 3.38. The van der Waals surface area contributed by atoms with Crippen LogP contribution in [0.4, 0.5) is 0 Å². The second-order valence-electron chi connectivity index (χ2n) is 6.97. The molecule has 0 radical (unpaired) electrons. The molecule has 3 heterocycles. The number of rotatable bonds is 7. The van der Waals surface area contributed by atoms with E-state index < -0.39 is 0 Å². The summed E-state index contributed by atoms with van der Waals surface area (Å²) in [6, 6.07) is 16.3. The Hall–Kier alpha value is -3.53. The van der Waals surface area contributed by atoms with Crippen molar-refractivity contribution in [3.8, 4) is 17.5 Å². The van der Waals surface area contributed by atoms with Gasteiger partial charge in [-0.05, 0) is 25.0 Å². The average molecular weight is 385 g/mol. The molecule has 0 N–H and O–H groups in total. The van der Waals surface area contributed by atoms with E-state index in [2.05, 4.69) is 35.3 Å². The van der Waals surface area contributed by atoms with Crippen LogP contribution in [-0.2, 0) is 25.8 Å². The molecule has 146 valence electrons. The molecular formula is C22H23N7. The van der Waals surface area contributed by atoms with Crippen LogP contribution in [0.3, 0.4) is 0 Å². The molecule has 0 unspecified atom stereocenters. The van der Waals surface area contributed by atoms with Crippen LogP contribution in [0, 0.1) is 18.3 Å². The Morgan fingerprint density at radius 2 is 1.83 bits per heavy atom. The van der Waals surface area contributed by atoms with E-state index in [0.717, 1.165) is 35.0 Å². The monoisotopic (exact) mass is 385 g/mol. The minimum absolute atomic E-state index is 0.399. The number of aryl methyl sites for hydroxylation is 5. The standard InChI is InChI=1S/C22H23N7/c1-3-17-11-10-16(2)29-22(17)24-19(26-29)12-13-20-25-21(18-8-5-4-6-9-18)27-28(20)15-7-14-23/h4-6,8-11H,3,7,12-13,15H2,1-2H3. The smallest absolute Gasteiger partial charge is 0.181 e. The Balaban J connectivity index is 1.60. The van der Waals surface area contributed by atoms with Crippen LogP contribution >= 0.6 is 0 Å². The Morgan fingerprint density at radius 1 is 1.00 bits per heavy atom. The lowest BCUT2D eigenvalue weighted by molar-refractivity contribution is 0.585. The van der Waals surface area contributed by atoms with Crippen LogP contribution in [0.1, 0.15) is 36.3 Å². The van der Waals surface area contributed by atoms with Crippen molar-refractivity contribution >= 4 is 5.65 Å². The Labute approximate surface area is 169 Å². The van der Waals surface area contributed by atoms with Crippen LogP contribution in [0.15, 0.2) is 42.5 Å². The number of nitrogens with zero attached hydrogens (tertiary/aromatic N) is 7. The summed E-state index contributed by atoms with van der Waals surface area (Å²) in [5, 5.41) is 18.3. The summed E-state index contributed by atoms with van der Waals surface area (Å²) in [5.41, 5.74) is 4.16. The maximum absolute atomic E-state index is 8.97. The topological polar surface area (TPSA) is 84.7 Å². The van der Waals surface area contributed by atoms with Gasteiger partial charge in [0.2, 0.25) is 0 Å². The summed E-state index contributed by atoms with van der Waals surface area (Å²) >= 11 is 0. The van der Waals surface area contributed by atoms with E-state index >= 15 is 0 Å². The van der Waals surface area contributed by atoms with Gasteiger partial charge in [-0.2, -0.15) is 15.5 Å². The zero-order chi connectivity index (χ0) is 20.2. The van der Waals surface area contributed by atoms with Gasteiger partial charge in [0.25, 0.3) is 0 Å². The number of hydrogen-bond donors (Lipinski definition) is 0. The number of nitriles is 1. The number of benzene rings is 1. The van der Waals surface area contributed by atoms with Crippen LogP contribution in [-0.4, -0.2) is 29.4 Å². The van der Waals surface area contributed by atoms with Crippen molar-refractivity contribution in [3.05, 3.63) is 65.4 Å². The first-order valence-corrected chi connectivity index (χ1v) is 9.89. The van der Waals surface area contributed by atoms with Crippen molar-refractivity contribution in [3.63, 3.8) is 0 Å². The lowest BCUT2D eigenvalue weighted by atomic mass is 10.2. The molecule has 0 atom stereocenters. The molecule has 29 heavy (non-hydrogen) atoms. The highest BCUT2D eigenvalue weighted by molar-refractivity contribution is 5.54. The molecule has 3 aromatic heterocycles. The van der Waals surface area contributed by atoms with E-state index in [4.69, 9.17) is 15.2 Å². The maximum atomic E-state index is 8.97. The van der Waals surface area contributed by atoms with Gasteiger partial charge in [0.05, 0.1) is 19.0 Å². The lowest BCUT2D eigenvalue weighted by Crippen LogP contribution is -2.07. The van der Waals surface area contributed by atoms with Gasteiger partial charge in [0, 0.05) is 24.1 Å². The summed E-state index contributed by atoms with van der Waals surface area (Å²) in [7, 11) is 0. The van der Waals surface area contributed by atoms with E-state index in [0.29, 0.717) is 31.6 Å². The van der Waals surface area contributed by atoms with E-state index in [1.54, 1.807) is 0 Å². The fraction of sp³-hybridized carbons (Fsp3) is 0.318. The summed E-state index contributed by atoms with van der Waals surface area (Å²) < 4.78 is 3.76. The van der Waals surface area contributed by atoms with Gasteiger partial charge in [0.15, 0.2) is 17.3 Å². The normalized spacial score (nSPS) is 11.1. The lowest BCUT2D eigenvalue weighted by Gasteiger charge is -2.01. The first kappa shape index (κ1) is 18.8. The van der Waals surface area contributed by atoms with Gasteiger partial charge in [-0.3, -0.25) is 0 Å². The molecule has 1 aromatic carbocycles. The second kappa shape index (κ2) is 8.23. The van der Waals surface area contributed by atoms with Crippen molar-refractivity contribution in [1.82, 2.24) is 29.4 Å². The van der Waals surface area contributed by atoms with Gasteiger partial charge in [0.1, 0.15) is 5.82 Å². The molecule has 0 spiro atoms. The van der Waals surface area contributed by atoms with E-state index in [1.165, 1.54) is 5.56 Å². The highest BCUT2D eigenvalue weighted by Crippen LogP contribution is 2.17. The third kappa shape index (κ3) is 3.87. The molecule has 0 aliphatic rings. The zero-order valence-corrected chi connectivity index (χ0v) is 16.7. The Kier molecular flexibility index (Phi) is 5.34. The van der Waals surface area contributed by atoms with E-state index in [9.17, 15) is 0 Å². The second-order valence-corrected chi connectivity index (χ2v) is 6.97.